The number of amides is 1. The second-order valence-electron chi connectivity index (χ2n) is 6.09. The maximum Gasteiger partial charge on any atom is 0.255 e. The number of nitrogens with zero attached hydrogens (tertiary/aromatic N) is 6. The van der Waals surface area contributed by atoms with Gasteiger partial charge in [0, 0.05) is 56.1 Å². The fraction of sp³-hybridized carbons (Fsp3) is 0.444. The summed E-state index contributed by atoms with van der Waals surface area (Å²) in [6, 6.07) is 5.83. The average molecular weight is 419 g/mol. The molecule has 3 heterocycles. The highest BCUT2D eigenvalue weighted by molar-refractivity contribution is 9.10. The zero-order valence-electron chi connectivity index (χ0n) is 15.1. The number of pyridine rings is 1. The molecule has 1 aliphatic rings. The standard InChI is InChI=1S/C18H23BrN6O/c1-3-23(4-2)16-5-6-17(22-21-16)24-7-9-25(10-8-24)18(26)14-11-15(19)13-20-12-14/h5-6,11-13H,3-4,7-10H2,1-2H3. The van der Waals surface area contributed by atoms with Crippen LogP contribution >= 0.6 is 15.9 Å². The Hall–Kier alpha value is -2.22. The summed E-state index contributed by atoms with van der Waals surface area (Å²) < 4.78 is 0.811. The van der Waals surface area contributed by atoms with E-state index in [4.69, 9.17) is 0 Å². The van der Waals surface area contributed by atoms with E-state index >= 15 is 0 Å². The second kappa shape index (κ2) is 8.44. The molecule has 3 rings (SSSR count). The number of carbonyl (C=O) groups is 1. The molecule has 0 bridgehead atoms. The topological polar surface area (TPSA) is 65.5 Å². The molecule has 0 spiro atoms. The molecule has 0 atom stereocenters. The van der Waals surface area contributed by atoms with Crippen LogP contribution in [0.1, 0.15) is 24.2 Å². The van der Waals surface area contributed by atoms with Crippen molar-refractivity contribution in [1.29, 1.82) is 0 Å². The smallest absolute Gasteiger partial charge is 0.255 e. The van der Waals surface area contributed by atoms with Crippen LogP contribution in [0.15, 0.2) is 35.1 Å². The number of halogens is 1. The lowest BCUT2D eigenvalue weighted by molar-refractivity contribution is 0.0746. The average Bonchev–Trinajstić information content (AvgIpc) is 2.69. The Morgan fingerprint density at radius 3 is 2.42 bits per heavy atom. The lowest BCUT2D eigenvalue weighted by Crippen LogP contribution is -2.49. The molecule has 2 aromatic rings. The normalized spacial score (nSPS) is 14.4. The van der Waals surface area contributed by atoms with Gasteiger partial charge in [0.15, 0.2) is 11.6 Å². The van der Waals surface area contributed by atoms with E-state index in [0.29, 0.717) is 18.7 Å². The van der Waals surface area contributed by atoms with Gasteiger partial charge in [-0.25, -0.2) is 0 Å². The number of piperazine rings is 1. The van der Waals surface area contributed by atoms with Crippen molar-refractivity contribution in [3.63, 3.8) is 0 Å². The molecule has 8 heteroatoms. The summed E-state index contributed by atoms with van der Waals surface area (Å²) in [7, 11) is 0. The van der Waals surface area contributed by atoms with Crippen molar-refractivity contribution < 1.29 is 4.79 Å². The second-order valence-corrected chi connectivity index (χ2v) is 7.01. The van der Waals surface area contributed by atoms with Gasteiger partial charge in [0.2, 0.25) is 0 Å². The van der Waals surface area contributed by atoms with Gasteiger partial charge >= 0.3 is 0 Å². The van der Waals surface area contributed by atoms with Crippen molar-refractivity contribution in [2.45, 2.75) is 13.8 Å². The highest BCUT2D eigenvalue weighted by Gasteiger charge is 2.23. The zero-order chi connectivity index (χ0) is 18.5. The Labute approximate surface area is 162 Å². The molecule has 1 saturated heterocycles. The molecule has 26 heavy (non-hydrogen) atoms. The Morgan fingerprint density at radius 2 is 1.85 bits per heavy atom. The molecule has 1 aliphatic heterocycles. The van der Waals surface area contributed by atoms with Crippen molar-refractivity contribution >= 4 is 33.5 Å². The first-order chi connectivity index (χ1) is 12.6. The summed E-state index contributed by atoms with van der Waals surface area (Å²) in [5, 5.41) is 8.72. The van der Waals surface area contributed by atoms with E-state index in [9.17, 15) is 4.79 Å². The highest BCUT2D eigenvalue weighted by atomic mass is 79.9. The molecule has 0 aromatic carbocycles. The minimum Gasteiger partial charge on any atom is -0.356 e. The molecule has 2 aromatic heterocycles. The van der Waals surface area contributed by atoms with Gasteiger partial charge in [0.25, 0.3) is 5.91 Å². The predicted molar refractivity (Wildman–Crippen MR) is 106 cm³/mol. The van der Waals surface area contributed by atoms with E-state index in [1.807, 2.05) is 17.0 Å². The SMILES string of the molecule is CCN(CC)c1ccc(N2CCN(C(=O)c3cncc(Br)c3)CC2)nn1. The Kier molecular flexibility index (Phi) is 6.03. The van der Waals surface area contributed by atoms with Gasteiger partial charge in [-0.2, -0.15) is 0 Å². The molecule has 1 fully saturated rings. The summed E-state index contributed by atoms with van der Waals surface area (Å²) in [6.45, 7) is 8.84. The Bertz CT molecular complexity index is 742. The van der Waals surface area contributed by atoms with Crippen LogP contribution in [0, 0.1) is 0 Å². The first kappa shape index (κ1) is 18.6. The third-order valence-electron chi connectivity index (χ3n) is 4.57. The van der Waals surface area contributed by atoms with Crippen LogP contribution in [0.2, 0.25) is 0 Å². The van der Waals surface area contributed by atoms with Crippen LogP contribution in [-0.2, 0) is 0 Å². The summed E-state index contributed by atoms with van der Waals surface area (Å²) in [4.78, 5) is 22.9. The number of anilines is 2. The van der Waals surface area contributed by atoms with E-state index in [1.165, 1.54) is 0 Å². The lowest BCUT2D eigenvalue weighted by atomic mass is 10.2. The maximum atomic E-state index is 12.6. The van der Waals surface area contributed by atoms with E-state index in [1.54, 1.807) is 18.5 Å². The van der Waals surface area contributed by atoms with Crippen LogP contribution in [0.3, 0.4) is 0 Å². The molecular weight excluding hydrogens is 396 g/mol. The molecule has 1 amide bonds. The van der Waals surface area contributed by atoms with Gasteiger partial charge in [-0.3, -0.25) is 9.78 Å². The predicted octanol–water partition coefficient (Wildman–Crippen LogP) is 2.44. The Balaban J connectivity index is 1.60. The molecular formula is C18H23BrN6O. The van der Waals surface area contributed by atoms with Crippen LogP contribution < -0.4 is 9.80 Å². The zero-order valence-corrected chi connectivity index (χ0v) is 16.7. The quantitative estimate of drug-likeness (QED) is 0.742. The molecule has 0 N–H and O–H groups in total. The molecule has 138 valence electrons. The summed E-state index contributed by atoms with van der Waals surface area (Å²) in [5.74, 6) is 1.77. The van der Waals surface area contributed by atoms with Crippen LogP contribution in [0.5, 0.6) is 0 Å². The monoisotopic (exact) mass is 418 g/mol. The largest absolute Gasteiger partial charge is 0.356 e. The minimum absolute atomic E-state index is 0.0152. The number of hydrogen-bond donors (Lipinski definition) is 0. The molecule has 7 nitrogen and oxygen atoms in total. The first-order valence-electron chi connectivity index (χ1n) is 8.85. The van der Waals surface area contributed by atoms with Crippen molar-refractivity contribution in [3.8, 4) is 0 Å². The van der Waals surface area contributed by atoms with E-state index in [2.05, 4.69) is 54.8 Å². The summed E-state index contributed by atoms with van der Waals surface area (Å²) in [5.41, 5.74) is 0.608. The van der Waals surface area contributed by atoms with E-state index in [-0.39, 0.29) is 5.91 Å². The number of rotatable bonds is 5. The van der Waals surface area contributed by atoms with E-state index in [0.717, 1.165) is 42.3 Å². The van der Waals surface area contributed by atoms with Crippen LogP contribution in [0.4, 0.5) is 11.6 Å². The van der Waals surface area contributed by atoms with Gasteiger partial charge in [0.05, 0.1) is 5.56 Å². The maximum absolute atomic E-state index is 12.6. The van der Waals surface area contributed by atoms with Crippen molar-refractivity contribution in [2.24, 2.45) is 0 Å². The molecule has 0 unspecified atom stereocenters. The number of carbonyl (C=O) groups excluding carboxylic acids is 1. The van der Waals surface area contributed by atoms with Crippen LogP contribution in [0.25, 0.3) is 0 Å². The lowest BCUT2D eigenvalue weighted by Gasteiger charge is -2.35. The minimum atomic E-state index is 0.0152. The fourth-order valence-electron chi connectivity index (χ4n) is 3.05. The molecule has 0 radical (unpaired) electrons. The first-order valence-corrected chi connectivity index (χ1v) is 9.65. The van der Waals surface area contributed by atoms with Gasteiger partial charge in [-0.05, 0) is 48.0 Å². The van der Waals surface area contributed by atoms with Gasteiger partial charge in [-0.1, -0.05) is 0 Å². The number of aromatic nitrogens is 3. The third-order valence-corrected chi connectivity index (χ3v) is 5.00. The molecule has 0 saturated carbocycles. The Morgan fingerprint density at radius 1 is 1.12 bits per heavy atom. The van der Waals surface area contributed by atoms with E-state index < -0.39 is 0 Å². The third kappa shape index (κ3) is 4.12. The van der Waals surface area contributed by atoms with Gasteiger partial charge in [0.1, 0.15) is 0 Å². The fourth-order valence-corrected chi connectivity index (χ4v) is 3.42. The van der Waals surface area contributed by atoms with Gasteiger partial charge < -0.3 is 14.7 Å². The van der Waals surface area contributed by atoms with Crippen LogP contribution in [-0.4, -0.2) is 65.3 Å². The summed E-state index contributed by atoms with van der Waals surface area (Å²) in [6.07, 6.45) is 3.28. The number of hydrogen-bond acceptors (Lipinski definition) is 6. The highest BCUT2D eigenvalue weighted by Crippen LogP contribution is 2.18. The van der Waals surface area contributed by atoms with Gasteiger partial charge in [-0.15, -0.1) is 10.2 Å². The summed E-state index contributed by atoms with van der Waals surface area (Å²) >= 11 is 3.36. The molecule has 0 aliphatic carbocycles. The van der Waals surface area contributed by atoms with Crippen molar-refractivity contribution in [2.75, 3.05) is 49.1 Å². The van der Waals surface area contributed by atoms with Crippen molar-refractivity contribution in [3.05, 3.63) is 40.6 Å². The van der Waals surface area contributed by atoms with Crippen molar-refractivity contribution in [1.82, 2.24) is 20.1 Å².